The zero-order valence-corrected chi connectivity index (χ0v) is 13.3. The van der Waals surface area contributed by atoms with Crippen molar-refractivity contribution in [1.29, 1.82) is 0 Å². The number of hydrogen-bond acceptors (Lipinski definition) is 5. The van der Waals surface area contributed by atoms with Crippen LogP contribution in [0.25, 0.3) is 0 Å². The molecule has 1 N–H and O–H groups in total. The molecule has 0 fully saturated rings. The second-order valence-electron chi connectivity index (χ2n) is 5.00. The molecule has 0 aliphatic heterocycles. The molecule has 0 unspecified atom stereocenters. The third-order valence-electron chi connectivity index (χ3n) is 2.65. The predicted octanol–water partition coefficient (Wildman–Crippen LogP) is 1.62. The normalized spacial score (nSPS) is 11.7. The summed E-state index contributed by atoms with van der Waals surface area (Å²) >= 11 is 0. The van der Waals surface area contributed by atoms with Gasteiger partial charge in [0.1, 0.15) is 6.61 Å². The van der Waals surface area contributed by atoms with Crippen molar-refractivity contribution in [2.24, 2.45) is 0 Å². The first-order valence-electron chi connectivity index (χ1n) is 6.52. The van der Waals surface area contributed by atoms with Gasteiger partial charge in [-0.15, -0.1) is 0 Å². The zero-order valence-electron chi connectivity index (χ0n) is 12.5. The van der Waals surface area contributed by atoms with Crippen LogP contribution in [-0.2, 0) is 16.4 Å². The predicted molar refractivity (Wildman–Crippen MR) is 80.2 cm³/mol. The number of nitrogens with one attached hydrogen (secondary N) is 1. The SMILES string of the molecule is COc1ccc(CNC(C)C)cc1OCCS(C)(=O)=O. The molecule has 0 saturated heterocycles. The van der Waals surface area contributed by atoms with E-state index in [0.717, 1.165) is 12.1 Å². The van der Waals surface area contributed by atoms with Gasteiger partial charge >= 0.3 is 0 Å². The Hall–Kier alpha value is -1.27. The van der Waals surface area contributed by atoms with E-state index in [1.54, 1.807) is 7.11 Å². The van der Waals surface area contributed by atoms with Gasteiger partial charge in [0.15, 0.2) is 21.3 Å². The molecule has 1 aromatic rings. The fraction of sp³-hybridized carbons (Fsp3) is 0.571. The Morgan fingerprint density at radius 2 is 1.95 bits per heavy atom. The summed E-state index contributed by atoms with van der Waals surface area (Å²) in [6, 6.07) is 6.05. The third kappa shape index (κ3) is 6.25. The highest BCUT2D eigenvalue weighted by molar-refractivity contribution is 7.90. The lowest BCUT2D eigenvalue weighted by Gasteiger charge is -2.13. The van der Waals surface area contributed by atoms with Crippen molar-refractivity contribution in [2.75, 3.05) is 25.7 Å². The highest BCUT2D eigenvalue weighted by Gasteiger charge is 2.08. The maximum absolute atomic E-state index is 11.1. The third-order valence-corrected chi connectivity index (χ3v) is 3.56. The summed E-state index contributed by atoms with van der Waals surface area (Å²) in [5.41, 5.74) is 1.06. The van der Waals surface area contributed by atoms with Crippen LogP contribution in [0.2, 0.25) is 0 Å². The van der Waals surface area contributed by atoms with Crippen molar-refractivity contribution in [3.63, 3.8) is 0 Å². The average molecular weight is 301 g/mol. The van der Waals surface area contributed by atoms with Crippen LogP contribution in [-0.4, -0.2) is 40.2 Å². The largest absolute Gasteiger partial charge is 0.493 e. The standard InChI is InChI=1S/C14H23NO4S/c1-11(2)15-10-12-5-6-13(18-3)14(9-12)19-7-8-20(4,16)17/h5-6,9,11,15H,7-8,10H2,1-4H3. The Balaban J connectivity index is 2.73. The summed E-state index contributed by atoms with van der Waals surface area (Å²) in [5, 5.41) is 3.31. The molecule has 0 atom stereocenters. The molecular formula is C14H23NO4S. The molecule has 0 amide bonds. The van der Waals surface area contributed by atoms with E-state index in [2.05, 4.69) is 19.2 Å². The highest BCUT2D eigenvalue weighted by atomic mass is 32.2. The number of methoxy groups -OCH3 is 1. The maximum atomic E-state index is 11.1. The van der Waals surface area contributed by atoms with Crippen molar-refractivity contribution in [2.45, 2.75) is 26.4 Å². The first kappa shape index (κ1) is 16.8. The molecule has 0 aliphatic carbocycles. The smallest absolute Gasteiger partial charge is 0.161 e. The maximum Gasteiger partial charge on any atom is 0.161 e. The van der Waals surface area contributed by atoms with Gasteiger partial charge in [-0.3, -0.25) is 0 Å². The van der Waals surface area contributed by atoms with Crippen LogP contribution >= 0.6 is 0 Å². The number of sulfone groups is 1. The van der Waals surface area contributed by atoms with Crippen molar-refractivity contribution >= 4 is 9.84 Å². The zero-order chi connectivity index (χ0) is 15.2. The number of benzene rings is 1. The second-order valence-corrected chi connectivity index (χ2v) is 7.26. The molecule has 0 spiro atoms. The van der Waals surface area contributed by atoms with E-state index in [1.165, 1.54) is 6.26 Å². The molecule has 0 bridgehead atoms. The summed E-state index contributed by atoms with van der Waals surface area (Å²) in [7, 11) is -1.46. The lowest BCUT2D eigenvalue weighted by Crippen LogP contribution is -2.21. The molecule has 6 heteroatoms. The Kier molecular flexibility index (Phi) is 6.29. The summed E-state index contributed by atoms with van der Waals surface area (Å²) in [5.74, 6) is 1.16. The summed E-state index contributed by atoms with van der Waals surface area (Å²) in [6.45, 7) is 5.00. The van der Waals surface area contributed by atoms with Gasteiger partial charge in [0.2, 0.25) is 0 Å². The van der Waals surface area contributed by atoms with Crippen LogP contribution in [0.5, 0.6) is 11.5 Å². The molecule has 1 aromatic carbocycles. The van der Waals surface area contributed by atoms with Crippen LogP contribution < -0.4 is 14.8 Å². The number of hydrogen-bond donors (Lipinski definition) is 1. The molecule has 20 heavy (non-hydrogen) atoms. The van der Waals surface area contributed by atoms with E-state index in [0.29, 0.717) is 17.5 Å². The summed E-state index contributed by atoms with van der Waals surface area (Å²) in [6.07, 6.45) is 1.19. The molecule has 0 aromatic heterocycles. The molecule has 0 radical (unpaired) electrons. The summed E-state index contributed by atoms with van der Waals surface area (Å²) in [4.78, 5) is 0. The van der Waals surface area contributed by atoms with Gasteiger partial charge in [0.05, 0.1) is 12.9 Å². The minimum atomic E-state index is -3.02. The van der Waals surface area contributed by atoms with E-state index < -0.39 is 9.84 Å². The van der Waals surface area contributed by atoms with Gasteiger partial charge in [-0.2, -0.15) is 0 Å². The van der Waals surface area contributed by atoms with E-state index in [-0.39, 0.29) is 12.4 Å². The molecular weight excluding hydrogens is 278 g/mol. The van der Waals surface area contributed by atoms with Gasteiger partial charge in [-0.25, -0.2) is 8.42 Å². The van der Waals surface area contributed by atoms with Crippen LogP contribution in [0.4, 0.5) is 0 Å². The Labute approximate surface area is 121 Å². The fourth-order valence-corrected chi connectivity index (χ4v) is 1.95. The quantitative estimate of drug-likeness (QED) is 0.790. The van der Waals surface area contributed by atoms with Crippen LogP contribution in [0.15, 0.2) is 18.2 Å². The van der Waals surface area contributed by atoms with Crippen LogP contribution in [0, 0.1) is 0 Å². The van der Waals surface area contributed by atoms with Crippen molar-refractivity contribution in [1.82, 2.24) is 5.32 Å². The Bertz CT molecular complexity index is 526. The first-order valence-corrected chi connectivity index (χ1v) is 8.58. The van der Waals surface area contributed by atoms with Gasteiger partial charge in [0.25, 0.3) is 0 Å². The minimum absolute atomic E-state index is 0.00930. The lowest BCUT2D eigenvalue weighted by atomic mass is 10.2. The fourth-order valence-electron chi connectivity index (χ4n) is 1.57. The van der Waals surface area contributed by atoms with Crippen LogP contribution in [0.3, 0.4) is 0 Å². The second kappa shape index (κ2) is 7.50. The van der Waals surface area contributed by atoms with Gasteiger partial charge in [-0.05, 0) is 17.7 Å². The Morgan fingerprint density at radius 1 is 1.25 bits per heavy atom. The van der Waals surface area contributed by atoms with Gasteiger partial charge < -0.3 is 14.8 Å². The van der Waals surface area contributed by atoms with Crippen LogP contribution in [0.1, 0.15) is 19.4 Å². The van der Waals surface area contributed by atoms with E-state index >= 15 is 0 Å². The minimum Gasteiger partial charge on any atom is -0.493 e. The van der Waals surface area contributed by atoms with Crippen molar-refractivity contribution in [3.8, 4) is 11.5 Å². The van der Waals surface area contributed by atoms with Gasteiger partial charge in [0, 0.05) is 18.8 Å². The monoisotopic (exact) mass is 301 g/mol. The van der Waals surface area contributed by atoms with E-state index in [1.807, 2.05) is 18.2 Å². The van der Waals surface area contributed by atoms with Crippen molar-refractivity contribution in [3.05, 3.63) is 23.8 Å². The lowest BCUT2D eigenvalue weighted by molar-refractivity contribution is 0.311. The summed E-state index contributed by atoms with van der Waals surface area (Å²) < 4.78 is 32.9. The molecule has 0 heterocycles. The average Bonchev–Trinajstić information content (AvgIpc) is 2.35. The topological polar surface area (TPSA) is 64.6 Å². The number of rotatable bonds is 8. The molecule has 0 saturated carbocycles. The highest BCUT2D eigenvalue weighted by Crippen LogP contribution is 2.28. The van der Waals surface area contributed by atoms with Gasteiger partial charge in [-0.1, -0.05) is 19.9 Å². The van der Waals surface area contributed by atoms with E-state index in [9.17, 15) is 8.42 Å². The first-order chi connectivity index (χ1) is 9.31. The molecule has 114 valence electrons. The van der Waals surface area contributed by atoms with Crippen molar-refractivity contribution < 1.29 is 17.9 Å². The number of ether oxygens (including phenoxy) is 2. The molecule has 5 nitrogen and oxygen atoms in total. The molecule has 1 rings (SSSR count). The molecule has 0 aliphatic rings. The Morgan fingerprint density at radius 3 is 2.50 bits per heavy atom. The van der Waals surface area contributed by atoms with E-state index in [4.69, 9.17) is 9.47 Å².